The molecule has 106 valence electrons. The van der Waals surface area contributed by atoms with Crippen molar-refractivity contribution in [1.29, 1.82) is 0 Å². The number of carboxylic acid groups (broad SMARTS) is 1. The van der Waals surface area contributed by atoms with E-state index in [0.29, 0.717) is 28.8 Å². The summed E-state index contributed by atoms with van der Waals surface area (Å²) in [7, 11) is 0. The molecule has 6 nitrogen and oxygen atoms in total. The summed E-state index contributed by atoms with van der Waals surface area (Å²) in [6.45, 7) is 2.06. The van der Waals surface area contributed by atoms with Gasteiger partial charge in [0.25, 0.3) is 0 Å². The lowest BCUT2D eigenvalue weighted by Gasteiger charge is -2.08. The molecule has 0 bridgehead atoms. The Kier molecular flexibility index (Phi) is 4.57. The zero-order valence-electron chi connectivity index (χ0n) is 10.6. The van der Waals surface area contributed by atoms with Gasteiger partial charge in [-0.3, -0.25) is 4.79 Å². The van der Waals surface area contributed by atoms with Gasteiger partial charge in [0.2, 0.25) is 0 Å². The molecule has 0 radical (unpaired) electrons. The minimum atomic E-state index is -0.839. The highest BCUT2D eigenvalue weighted by Crippen LogP contribution is 2.27. The average molecular weight is 315 g/mol. The third kappa shape index (κ3) is 3.26. The number of aryl methyl sites for hydroxylation is 1. The number of aliphatic carboxylic acids is 1. The van der Waals surface area contributed by atoms with Gasteiger partial charge in [0, 0.05) is 12.1 Å². The molecule has 0 saturated heterocycles. The van der Waals surface area contributed by atoms with Crippen LogP contribution in [0.25, 0.3) is 11.4 Å². The van der Waals surface area contributed by atoms with Gasteiger partial charge in [-0.05, 0) is 35.0 Å². The van der Waals surface area contributed by atoms with Gasteiger partial charge in [-0.2, -0.15) is 0 Å². The molecular weight excluding hydrogens is 303 g/mol. The number of benzene rings is 1. The molecule has 0 spiro atoms. The fourth-order valence-corrected chi connectivity index (χ4v) is 1.93. The summed E-state index contributed by atoms with van der Waals surface area (Å²) in [5.41, 5.74) is 0.729. The maximum atomic E-state index is 10.8. The zero-order valence-corrected chi connectivity index (χ0v) is 12.1. The second kappa shape index (κ2) is 6.19. The molecular formula is C12H12Cl2N4O2. The van der Waals surface area contributed by atoms with E-state index >= 15 is 0 Å². The molecule has 1 N–H and O–H groups in total. The molecule has 0 aliphatic rings. The molecule has 0 aliphatic carbocycles. The fourth-order valence-electron chi connectivity index (χ4n) is 1.64. The summed E-state index contributed by atoms with van der Waals surface area (Å²) in [5, 5.41) is 21.1. The van der Waals surface area contributed by atoms with Gasteiger partial charge < -0.3 is 5.11 Å². The molecule has 1 aromatic heterocycles. The van der Waals surface area contributed by atoms with Crippen LogP contribution < -0.4 is 0 Å². The Balaban J connectivity index is 2.19. The van der Waals surface area contributed by atoms with Crippen LogP contribution in [-0.2, 0) is 11.3 Å². The number of tetrazole rings is 1. The highest BCUT2D eigenvalue weighted by atomic mass is 35.5. The monoisotopic (exact) mass is 314 g/mol. The van der Waals surface area contributed by atoms with Gasteiger partial charge >= 0.3 is 5.97 Å². The number of aromatic nitrogens is 4. The third-order valence-corrected chi connectivity index (χ3v) is 3.64. The molecule has 20 heavy (non-hydrogen) atoms. The van der Waals surface area contributed by atoms with Crippen molar-refractivity contribution >= 4 is 29.2 Å². The van der Waals surface area contributed by atoms with Gasteiger partial charge in [-0.25, -0.2) is 4.68 Å². The summed E-state index contributed by atoms with van der Waals surface area (Å²) in [6, 6.07) is 5.10. The quantitative estimate of drug-likeness (QED) is 0.917. The van der Waals surface area contributed by atoms with E-state index in [1.165, 1.54) is 0 Å². The van der Waals surface area contributed by atoms with Crippen molar-refractivity contribution in [1.82, 2.24) is 20.2 Å². The lowest BCUT2D eigenvalue weighted by atomic mass is 10.1. The van der Waals surface area contributed by atoms with E-state index in [-0.39, 0.29) is 0 Å². The van der Waals surface area contributed by atoms with Gasteiger partial charge in [0.15, 0.2) is 5.82 Å². The van der Waals surface area contributed by atoms with Crippen molar-refractivity contribution in [2.45, 2.75) is 19.9 Å². The summed E-state index contributed by atoms with van der Waals surface area (Å²) >= 11 is 11.8. The van der Waals surface area contributed by atoms with Crippen molar-refractivity contribution < 1.29 is 9.90 Å². The highest BCUT2D eigenvalue weighted by Gasteiger charge is 2.14. The van der Waals surface area contributed by atoms with E-state index in [4.69, 9.17) is 28.3 Å². The Hall–Kier alpha value is -1.66. The first-order valence-electron chi connectivity index (χ1n) is 5.93. The van der Waals surface area contributed by atoms with Crippen molar-refractivity contribution in [2.75, 3.05) is 0 Å². The molecule has 8 heteroatoms. The summed E-state index contributed by atoms with van der Waals surface area (Å²) < 4.78 is 1.55. The van der Waals surface area contributed by atoms with Crippen LogP contribution in [0.1, 0.15) is 13.3 Å². The van der Waals surface area contributed by atoms with E-state index in [0.717, 1.165) is 5.56 Å². The van der Waals surface area contributed by atoms with E-state index in [1.807, 2.05) is 0 Å². The molecule has 1 unspecified atom stereocenters. The number of nitrogens with zero attached hydrogens (tertiary/aromatic N) is 4. The van der Waals surface area contributed by atoms with Gasteiger partial charge in [0.1, 0.15) is 0 Å². The standard InChI is InChI=1S/C12H12Cl2N4O2/c1-7(12(19)20)4-5-18-11(15-16-17-18)8-2-3-9(13)10(14)6-8/h2-3,6-7H,4-5H2,1H3,(H,19,20). The van der Waals surface area contributed by atoms with Gasteiger partial charge in [-0.15, -0.1) is 5.10 Å². The minimum Gasteiger partial charge on any atom is -0.481 e. The van der Waals surface area contributed by atoms with E-state index in [1.54, 1.807) is 29.8 Å². The van der Waals surface area contributed by atoms with Crippen molar-refractivity contribution in [3.05, 3.63) is 28.2 Å². The van der Waals surface area contributed by atoms with Crippen LogP contribution in [-0.4, -0.2) is 31.3 Å². The molecule has 1 atom stereocenters. The maximum absolute atomic E-state index is 10.8. The Bertz CT molecular complexity index is 630. The first-order valence-corrected chi connectivity index (χ1v) is 6.69. The van der Waals surface area contributed by atoms with E-state index in [9.17, 15) is 4.79 Å². The maximum Gasteiger partial charge on any atom is 0.306 e. The molecule has 0 aliphatic heterocycles. The Labute approximate surface area is 125 Å². The predicted octanol–water partition coefficient (Wildman–Crippen LogP) is 2.76. The molecule has 1 heterocycles. The zero-order chi connectivity index (χ0) is 14.7. The van der Waals surface area contributed by atoms with Crippen LogP contribution in [0, 0.1) is 5.92 Å². The van der Waals surface area contributed by atoms with Crippen molar-refractivity contribution in [2.24, 2.45) is 5.92 Å². The van der Waals surface area contributed by atoms with Crippen LogP contribution in [0.15, 0.2) is 18.2 Å². The number of hydrogen-bond donors (Lipinski definition) is 1. The summed E-state index contributed by atoms with van der Waals surface area (Å²) in [6.07, 6.45) is 0.439. The van der Waals surface area contributed by atoms with Gasteiger partial charge in [-0.1, -0.05) is 30.1 Å². The number of hydrogen-bond acceptors (Lipinski definition) is 4. The largest absolute Gasteiger partial charge is 0.481 e. The van der Waals surface area contributed by atoms with E-state index in [2.05, 4.69) is 15.5 Å². The minimum absolute atomic E-state index is 0.413. The average Bonchev–Trinajstić information content (AvgIpc) is 2.87. The molecule has 2 aromatic rings. The SMILES string of the molecule is CC(CCn1nnnc1-c1ccc(Cl)c(Cl)c1)C(=O)O. The first-order chi connectivity index (χ1) is 9.49. The normalized spacial score (nSPS) is 12.3. The predicted molar refractivity (Wildman–Crippen MR) is 74.7 cm³/mol. The molecule has 2 rings (SSSR count). The Morgan fingerprint density at radius 1 is 1.40 bits per heavy atom. The number of carbonyl (C=O) groups is 1. The smallest absolute Gasteiger partial charge is 0.306 e. The fraction of sp³-hybridized carbons (Fsp3) is 0.333. The number of carboxylic acids is 1. The Morgan fingerprint density at radius 2 is 2.15 bits per heavy atom. The van der Waals surface area contributed by atoms with Gasteiger partial charge in [0.05, 0.1) is 16.0 Å². The van der Waals surface area contributed by atoms with Crippen LogP contribution in [0.3, 0.4) is 0 Å². The first kappa shape index (κ1) is 14.7. The summed E-state index contributed by atoms with van der Waals surface area (Å²) in [4.78, 5) is 10.8. The molecule has 0 amide bonds. The summed E-state index contributed by atoms with van der Waals surface area (Å²) in [5.74, 6) is -0.767. The molecule has 1 aromatic carbocycles. The Morgan fingerprint density at radius 3 is 2.80 bits per heavy atom. The van der Waals surface area contributed by atoms with Crippen LogP contribution in [0.2, 0.25) is 10.0 Å². The third-order valence-electron chi connectivity index (χ3n) is 2.91. The van der Waals surface area contributed by atoms with Crippen LogP contribution >= 0.6 is 23.2 Å². The van der Waals surface area contributed by atoms with Crippen molar-refractivity contribution in [3.8, 4) is 11.4 Å². The van der Waals surface area contributed by atoms with Crippen LogP contribution in [0.4, 0.5) is 0 Å². The molecule has 0 fully saturated rings. The topological polar surface area (TPSA) is 80.9 Å². The van der Waals surface area contributed by atoms with Crippen molar-refractivity contribution in [3.63, 3.8) is 0 Å². The number of halogens is 2. The van der Waals surface area contributed by atoms with E-state index < -0.39 is 11.9 Å². The second-order valence-electron chi connectivity index (χ2n) is 4.38. The lowest BCUT2D eigenvalue weighted by molar-refractivity contribution is -0.141. The second-order valence-corrected chi connectivity index (χ2v) is 5.20. The number of rotatable bonds is 5. The van der Waals surface area contributed by atoms with Crippen LogP contribution in [0.5, 0.6) is 0 Å². The molecule has 0 saturated carbocycles. The highest BCUT2D eigenvalue weighted by molar-refractivity contribution is 6.42. The lowest BCUT2D eigenvalue weighted by Crippen LogP contribution is -2.14.